The van der Waals surface area contributed by atoms with Crippen LogP contribution < -0.4 is 4.90 Å². The van der Waals surface area contributed by atoms with E-state index in [4.69, 9.17) is 0 Å². The maximum Gasteiger partial charge on any atom is 0.237 e. The minimum Gasteiger partial charge on any atom is -0.274 e. The molecule has 0 N–H and O–H groups in total. The first-order chi connectivity index (χ1) is 7.66. The molecule has 2 amide bonds. The third kappa shape index (κ3) is 1.52. The Bertz CT molecular complexity index is 413. The van der Waals surface area contributed by atoms with Gasteiger partial charge in [0.2, 0.25) is 11.8 Å². The van der Waals surface area contributed by atoms with E-state index in [9.17, 15) is 9.59 Å². The van der Waals surface area contributed by atoms with Gasteiger partial charge in [0.25, 0.3) is 0 Å². The lowest BCUT2D eigenvalue weighted by atomic mass is 9.95. The van der Waals surface area contributed by atoms with E-state index < -0.39 is 0 Å². The van der Waals surface area contributed by atoms with E-state index >= 15 is 0 Å². The molecule has 1 aromatic carbocycles. The molecule has 1 aromatic rings. The Kier molecular flexibility index (Phi) is 2.77. The van der Waals surface area contributed by atoms with Crippen molar-refractivity contribution in [3.8, 4) is 0 Å². The van der Waals surface area contributed by atoms with Gasteiger partial charge in [-0.15, -0.1) is 0 Å². The van der Waals surface area contributed by atoms with E-state index in [1.807, 2.05) is 32.0 Å². The van der Waals surface area contributed by atoms with Crippen LogP contribution in [-0.4, -0.2) is 11.8 Å². The molecule has 1 fully saturated rings. The molecule has 0 spiro atoms. The molecule has 2 rings (SSSR count). The molecule has 0 aromatic heterocycles. The van der Waals surface area contributed by atoms with Crippen molar-refractivity contribution in [2.45, 2.75) is 20.3 Å². The molecule has 1 heterocycles. The highest BCUT2D eigenvalue weighted by atomic mass is 16.2. The molecule has 1 aliphatic heterocycles. The summed E-state index contributed by atoms with van der Waals surface area (Å²) in [6, 6.07) is 9.12. The molecule has 2 unspecified atom stereocenters. The van der Waals surface area contributed by atoms with E-state index in [0.29, 0.717) is 5.69 Å². The Labute approximate surface area is 95.1 Å². The first-order valence-electron chi connectivity index (χ1n) is 5.59. The summed E-state index contributed by atoms with van der Waals surface area (Å²) >= 11 is 0. The van der Waals surface area contributed by atoms with E-state index in [-0.39, 0.29) is 23.7 Å². The zero-order valence-corrected chi connectivity index (χ0v) is 9.51. The molecular weight excluding hydrogens is 202 g/mol. The van der Waals surface area contributed by atoms with Gasteiger partial charge in [-0.05, 0) is 18.6 Å². The maximum atomic E-state index is 12.1. The zero-order valence-electron chi connectivity index (χ0n) is 9.51. The Balaban J connectivity index is 2.37. The number of para-hydroxylation sites is 1. The van der Waals surface area contributed by atoms with Crippen molar-refractivity contribution < 1.29 is 9.59 Å². The summed E-state index contributed by atoms with van der Waals surface area (Å²) in [5.74, 6) is -0.500. The van der Waals surface area contributed by atoms with Crippen molar-refractivity contribution in [3.05, 3.63) is 30.3 Å². The number of imide groups is 1. The number of benzene rings is 1. The summed E-state index contributed by atoms with van der Waals surface area (Å²) in [6.07, 6.45) is 0.717. The summed E-state index contributed by atoms with van der Waals surface area (Å²) in [7, 11) is 0. The second kappa shape index (κ2) is 4.08. The van der Waals surface area contributed by atoms with Crippen molar-refractivity contribution in [1.82, 2.24) is 0 Å². The molecule has 16 heavy (non-hydrogen) atoms. The highest BCUT2D eigenvalue weighted by molar-refractivity contribution is 6.21. The molecule has 0 bridgehead atoms. The fourth-order valence-electron chi connectivity index (χ4n) is 2.22. The lowest BCUT2D eigenvalue weighted by molar-refractivity contribution is -0.122. The Morgan fingerprint density at radius 1 is 1.12 bits per heavy atom. The van der Waals surface area contributed by atoms with E-state index in [0.717, 1.165) is 6.42 Å². The monoisotopic (exact) mass is 217 g/mol. The van der Waals surface area contributed by atoms with Crippen LogP contribution in [0.5, 0.6) is 0 Å². The van der Waals surface area contributed by atoms with Gasteiger partial charge in [0.1, 0.15) is 0 Å². The second-order valence-electron chi connectivity index (χ2n) is 4.15. The van der Waals surface area contributed by atoms with Crippen LogP contribution in [-0.2, 0) is 9.59 Å². The minimum atomic E-state index is -0.197. The normalized spacial score (nSPS) is 25.2. The fraction of sp³-hybridized carbons (Fsp3) is 0.385. The predicted octanol–water partition coefficient (Wildman–Crippen LogP) is 2.22. The van der Waals surface area contributed by atoms with E-state index in [2.05, 4.69) is 0 Å². The van der Waals surface area contributed by atoms with Crippen molar-refractivity contribution in [2.24, 2.45) is 11.8 Å². The van der Waals surface area contributed by atoms with Crippen LogP contribution in [0.3, 0.4) is 0 Å². The average molecular weight is 217 g/mol. The highest BCUT2D eigenvalue weighted by Crippen LogP contribution is 2.32. The third-order valence-corrected chi connectivity index (χ3v) is 3.21. The summed E-state index contributed by atoms with van der Waals surface area (Å²) in [4.78, 5) is 25.4. The lowest BCUT2D eigenvalue weighted by Gasteiger charge is -2.14. The van der Waals surface area contributed by atoms with Gasteiger partial charge >= 0.3 is 0 Å². The summed E-state index contributed by atoms with van der Waals surface area (Å²) in [5, 5.41) is 0. The predicted molar refractivity (Wildman–Crippen MR) is 61.9 cm³/mol. The van der Waals surface area contributed by atoms with Gasteiger partial charge in [0.05, 0.1) is 11.6 Å². The largest absolute Gasteiger partial charge is 0.274 e. The van der Waals surface area contributed by atoms with Crippen LogP contribution in [0.25, 0.3) is 0 Å². The highest BCUT2D eigenvalue weighted by Gasteiger charge is 2.44. The van der Waals surface area contributed by atoms with Gasteiger partial charge in [-0.3, -0.25) is 14.5 Å². The van der Waals surface area contributed by atoms with Crippen LogP contribution in [0.15, 0.2) is 30.3 Å². The van der Waals surface area contributed by atoms with Gasteiger partial charge in [-0.25, -0.2) is 0 Å². The number of nitrogens with zero attached hydrogens (tertiary/aromatic N) is 1. The summed E-state index contributed by atoms with van der Waals surface area (Å²) in [5.41, 5.74) is 0.681. The Morgan fingerprint density at radius 2 is 1.75 bits per heavy atom. The van der Waals surface area contributed by atoms with Crippen LogP contribution in [0, 0.1) is 11.8 Å². The van der Waals surface area contributed by atoms with Crippen molar-refractivity contribution in [1.29, 1.82) is 0 Å². The van der Waals surface area contributed by atoms with Gasteiger partial charge < -0.3 is 0 Å². The second-order valence-corrected chi connectivity index (χ2v) is 4.15. The average Bonchev–Trinajstić information content (AvgIpc) is 2.51. The maximum absolute atomic E-state index is 12.1. The fourth-order valence-corrected chi connectivity index (χ4v) is 2.22. The number of anilines is 1. The molecule has 84 valence electrons. The van der Waals surface area contributed by atoms with E-state index in [1.54, 1.807) is 12.1 Å². The topological polar surface area (TPSA) is 37.4 Å². The number of carbonyl (C=O) groups is 2. The molecule has 3 nitrogen and oxygen atoms in total. The smallest absolute Gasteiger partial charge is 0.237 e. The van der Waals surface area contributed by atoms with Crippen molar-refractivity contribution >= 4 is 17.5 Å². The van der Waals surface area contributed by atoms with Gasteiger partial charge in [0.15, 0.2) is 0 Å². The van der Waals surface area contributed by atoms with Gasteiger partial charge in [-0.2, -0.15) is 0 Å². The van der Waals surface area contributed by atoms with Crippen LogP contribution in [0.2, 0.25) is 0 Å². The Morgan fingerprint density at radius 3 is 2.25 bits per heavy atom. The molecule has 0 radical (unpaired) electrons. The lowest BCUT2D eigenvalue weighted by Crippen LogP contribution is -2.30. The Hall–Kier alpha value is -1.64. The number of amides is 2. The number of hydrogen-bond donors (Lipinski definition) is 0. The molecular formula is C13H15NO2. The number of rotatable bonds is 2. The molecule has 2 atom stereocenters. The molecule has 0 aliphatic carbocycles. The molecule has 1 aliphatic rings. The minimum absolute atomic E-state index is 0.0637. The van der Waals surface area contributed by atoms with Crippen LogP contribution >= 0.6 is 0 Å². The van der Waals surface area contributed by atoms with E-state index in [1.165, 1.54) is 4.90 Å². The summed E-state index contributed by atoms with van der Waals surface area (Å²) in [6.45, 7) is 3.78. The number of carbonyl (C=O) groups excluding carboxylic acids is 2. The number of hydrogen-bond acceptors (Lipinski definition) is 2. The van der Waals surface area contributed by atoms with Crippen LogP contribution in [0.1, 0.15) is 20.3 Å². The molecule has 3 heteroatoms. The molecule has 1 saturated heterocycles. The van der Waals surface area contributed by atoms with Crippen molar-refractivity contribution in [2.75, 3.05) is 4.90 Å². The zero-order chi connectivity index (χ0) is 11.7. The SMILES string of the molecule is CCC1C(=O)N(c2ccccc2)C(=O)C1C. The van der Waals surface area contributed by atoms with Crippen LogP contribution in [0.4, 0.5) is 5.69 Å². The van der Waals surface area contributed by atoms with Crippen molar-refractivity contribution in [3.63, 3.8) is 0 Å². The van der Waals surface area contributed by atoms with Gasteiger partial charge in [0, 0.05) is 5.92 Å². The summed E-state index contributed by atoms with van der Waals surface area (Å²) < 4.78 is 0. The standard InChI is InChI=1S/C13H15NO2/c1-3-11-9(2)12(15)14(13(11)16)10-7-5-4-6-8-10/h4-9,11H,3H2,1-2H3. The van der Waals surface area contributed by atoms with Gasteiger partial charge in [-0.1, -0.05) is 32.0 Å². The third-order valence-electron chi connectivity index (χ3n) is 3.21. The first-order valence-corrected chi connectivity index (χ1v) is 5.59. The first kappa shape index (κ1) is 10.9. The molecule has 0 saturated carbocycles. The quantitative estimate of drug-likeness (QED) is 0.712.